The molecular weight excluding hydrogens is 374 g/mol. The molecule has 0 fully saturated rings. The fourth-order valence-corrected chi connectivity index (χ4v) is 4.48. The predicted molar refractivity (Wildman–Crippen MR) is 110 cm³/mol. The monoisotopic (exact) mass is 397 g/mol. The van der Waals surface area contributed by atoms with E-state index in [1.54, 1.807) is 0 Å². The van der Waals surface area contributed by atoms with Crippen LogP contribution in [-0.2, 0) is 19.1 Å². The van der Waals surface area contributed by atoms with Crippen LogP contribution in [0.5, 0.6) is 0 Å². The number of ether oxygens (including phenoxy) is 2. The number of allylic oxidation sites excluding steroid dienone is 2. The number of benzene rings is 1. The molecule has 0 bridgehead atoms. The molecule has 28 heavy (non-hydrogen) atoms. The third-order valence-electron chi connectivity index (χ3n) is 4.86. The zero-order chi connectivity index (χ0) is 20.4. The molecule has 2 aromatic rings. The predicted octanol–water partition coefficient (Wildman–Crippen LogP) is 4.30. The minimum atomic E-state index is -0.537. The second-order valence-electron chi connectivity index (χ2n) is 6.72. The Kier molecular flexibility index (Phi) is 5.70. The lowest BCUT2D eigenvalue weighted by atomic mass is 9.84. The van der Waals surface area contributed by atoms with Gasteiger partial charge in [0.05, 0.1) is 31.3 Å². The van der Waals surface area contributed by atoms with E-state index < -0.39 is 17.9 Å². The molecule has 1 N–H and O–H groups in total. The lowest BCUT2D eigenvalue weighted by molar-refractivity contribution is -0.137. The van der Waals surface area contributed by atoms with Gasteiger partial charge in [-0.25, -0.2) is 9.59 Å². The molecule has 0 saturated carbocycles. The minimum Gasteiger partial charge on any atom is -0.466 e. The second-order valence-corrected chi connectivity index (χ2v) is 7.67. The first kappa shape index (κ1) is 19.9. The summed E-state index contributed by atoms with van der Waals surface area (Å²) < 4.78 is 10.0. The van der Waals surface area contributed by atoms with E-state index in [0.717, 1.165) is 16.0 Å². The van der Waals surface area contributed by atoms with Crippen molar-refractivity contribution < 1.29 is 19.1 Å². The largest absolute Gasteiger partial charge is 0.466 e. The summed E-state index contributed by atoms with van der Waals surface area (Å²) in [6, 6.07) is 10.3. The summed E-state index contributed by atoms with van der Waals surface area (Å²) in [5, 5.41) is 5.15. The number of esters is 2. The van der Waals surface area contributed by atoms with E-state index >= 15 is 0 Å². The fourth-order valence-electron chi connectivity index (χ4n) is 3.44. The van der Waals surface area contributed by atoms with E-state index in [0.29, 0.717) is 22.5 Å². The number of methoxy groups -OCH3 is 2. The van der Waals surface area contributed by atoms with Gasteiger partial charge >= 0.3 is 11.9 Å². The molecule has 3 rings (SSSR count). The molecule has 0 atom stereocenters. The number of thiophene rings is 1. The van der Waals surface area contributed by atoms with Gasteiger partial charge in [-0.05, 0) is 43.3 Å². The van der Waals surface area contributed by atoms with Crippen LogP contribution < -0.4 is 5.32 Å². The minimum absolute atomic E-state index is 0.422. The molecule has 6 heteroatoms. The van der Waals surface area contributed by atoms with E-state index in [2.05, 4.69) is 29.6 Å². The van der Waals surface area contributed by atoms with Crippen molar-refractivity contribution in [1.29, 1.82) is 0 Å². The van der Waals surface area contributed by atoms with Gasteiger partial charge in [0.15, 0.2) is 0 Å². The van der Waals surface area contributed by atoms with Gasteiger partial charge in [0.2, 0.25) is 0 Å². The van der Waals surface area contributed by atoms with Crippen molar-refractivity contribution >= 4 is 23.3 Å². The van der Waals surface area contributed by atoms with E-state index in [1.165, 1.54) is 31.1 Å². The Bertz CT molecular complexity index is 944. The highest BCUT2D eigenvalue weighted by Crippen LogP contribution is 2.42. The lowest BCUT2D eigenvalue weighted by Crippen LogP contribution is -2.31. The summed E-state index contributed by atoms with van der Waals surface area (Å²) in [6.45, 7) is 5.67. The summed E-state index contributed by atoms with van der Waals surface area (Å²) in [6.07, 6.45) is 0. The van der Waals surface area contributed by atoms with E-state index in [1.807, 2.05) is 32.2 Å². The van der Waals surface area contributed by atoms with Crippen LogP contribution >= 0.6 is 11.3 Å². The maximum absolute atomic E-state index is 12.5. The van der Waals surface area contributed by atoms with Crippen molar-refractivity contribution in [3.8, 4) is 11.1 Å². The Labute approximate surface area is 168 Å². The first-order valence-corrected chi connectivity index (χ1v) is 9.76. The Morgan fingerprint density at radius 2 is 1.43 bits per heavy atom. The highest BCUT2D eigenvalue weighted by Gasteiger charge is 2.38. The van der Waals surface area contributed by atoms with Crippen molar-refractivity contribution in [2.24, 2.45) is 0 Å². The first-order valence-electron chi connectivity index (χ1n) is 8.88. The summed E-state index contributed by atoms with van der Waals surface area (Å²) in [7, 11) is 2.68. The maximum Gasteiger partial charge on any atom is 0.336 e. The van der Waals surface area contributed by atoms with Gasteiger partial charge in [0.1, 0.15) is 0 Å². The van der Waals surface area contributed by atoms with Gasteiger partial charge in [-0.3, -0.25) is 0 Å². The molecule has 1 aliphatic rings. The second kappa shape index (κ2) is 8.02. The lowest BCUT2D eigenvalue weighted by Gasteiger charge is -2.29. The van der Waals surface area contributed by atoms with Crippen LogP contribution in [0.3, 0.4) is 0 Å². The highest BCUT2D eigenvalue weighted by atomic mass is 32.1. The molecule has 146 valence electrons. The number of dihydropyridines is 1. The number of rotatable bonds is 4. The van der Waals surface area contributed by atoms with Crippen LogP contribution in [0.1, 0.15) is 30.2 Å². The van der Waals surface area contributed by atoms with Gasteiger partial charge < -0.3 is 14.8 Å². The van der Waals surface area contributed by atoms with Crippen molar-refractivity contribution in [3.63, 3.8) is 0 Å². The smallest absolute Gasteiger partial charge is 0.336 e. The summed E-state index contributed by atoms with van der Waals surface area (Å²) in [4.78, 5) is 26.0. The quantitative estimate of drug-likeness (QED) is 0.779. The average Bonchev–Trinajstić information content (AvgIpc) is 3.16. The van der Waals surface area contributed by atoms with Crippen LogP contribution in [0.2, 0.25) is 0 Å². The molecule has 0 unspecified atom stereocenters. The summed E-state index contributed by atoms with van der Waals surface area (Å²) in [5.74, 6) is -1.46. The normalized spacial score (nSPS) is 14.8. The molecule has 1 aromatic carbocycles. The number of hydrogen-bond donors (Lipinski definition) is 1. The number of aryl methyl sites for hydroxylation is 1. The number of hydrogen-bond acceptors (Lipinski definition) is 6. The summed E-state index contributed by atoms with van der Waals surface area (Å²) >= 11 is 1.51. The van der Waals surface area contributed by atoms with Crippen LogP contribution in [0.25, 0.3) is 11.1 Å². The average molecular weight is 397 g/mol. The van der Waals surface area contributed by atoms with Crippen molar-refractivity contribution in [3.05, 3.63) is 68.7 Å². The van der Waals surface area contributed by atoms with Gasteiger partial charge in [-0.15, -0.1) is 11.3 Å². The van der Waals surface area contributed by atoms with Crippen LogP contribution in [-0.4, -0.2) is 26.2 Å². The highest BCUT2D eigenvalue weighted by molar-refractivity contribution is 7.10. The standard InChI is InChI=1S/C22H23NO4S/c1-12-6-8-15(9-7-12)16-10-17(28-11-16)20-18(21(24)26-4)13(2)23-14(3)19(20)22(25)27-5/h6-11,20,23H,1-5H3. The van der Waals surface area contributed by atoms with E-state index in [-0.39, 0.29) is 0 Å². The van der Waals surface area contributed by atoms with E-state index in [4.69, 9.17) is 9.47 Å². The van der Waals surface area contributed by atoms with Crippen molar-refractivity contribution in [2.75, 3.05) is 14.2 Å². The van der Waals surface area contributed by atoms with Gasteiger partial charge in [-0.2, -0.15) is 0 Å². The van der Waals surface area contributed by atoms with Gasteiger partial charge in [-0.1, -0.05) is 29.8 Å². The molecule has 0 amide bonds. The van der Waals surface area contributed by atoms with Gasteiger partial charge in [0, 0.05) is 16.3 Å². The third-order valence-corrected chi connectivity index (χ3v) is 5.86. The van der Waals surface area contributed by atoms with Crippen molar-refractivity contribution in [1.82, 2.24) is 5.32 Å². The van der Waals surface area contributed by atoms with E-state index in [9.17, 15) is 9.59 Å². The molecule has 1 aliphatic heterocycles. The number of nitrogens with one attached hydrogen (secondary N) is 1. The van der Waals surface area contributed by atoms with Crippen molar-refractivity contribution in [2.45, 2.75) is 26.7 Å². The maximum atomic E-state index is 12.5. The molecule has 0 saturated heterocycles. The zero-order valence-electron chi connectivity index (χ0n) is 16.6. The number of carbonyl (C=O) groups excluding carboxylic acids is 2. The molecule has 0 radical (unpaired) electrons. The Balaban J connectivity index is 2.13. The molecule has 5 nitrogen and oxygen atoms in total. The molecular formula is C22H23NO4S. The molecule has 0 aliphatic carbocycles. The number of carbonyl (C=O) groups is 2. The van der Waals surface area contributed by atoms with Gasteiger partial charge in [0.25, 0.3) is 0 Å². The topological polar surface area (TPSA) is 64.6 Å². The first-order chi connectivity index (χ1) is 13.4. The Hall–Kier alpha value is -2.86. The Morgan fingerprint density at radius 3 is 1.93 bits per heavy atom. The van der Waals surface area contributed by atoms with Crippen LogP contribution in [0, 0.1) is 6.92 Å². The van der Waals surface area contributed by atoms with Crippen LogP contribution in [0.4, 0.5) is 0 Å². The fraction of sp³-hybridized carbons (Fsp3) is 0.273. The molecule has 0 spiro atoms. The zero-order valence-corrected chi connectivity index (χ0v) is 17.4. The molecule has 2 heterocycles. The van der Waals surface area contributed by atoms with Crippen LogP contribution in [0.15, 0.2) is 58.3 Å². The molecule has 1 aromatic heterocycles. The SMILES string of the molecule is COC(=O)C1=C(C)NC(C)=C(C(=O)OC)C1c1cc(-c2ccc(C)cc2)cs1. The third kappa shape index (κ3) is 3.60. The summed E-state index contributed by atoms with van der Waals surface area (Å²) in [5.41, 5.74) is 5.51. The Morgan fingerprint density at radius 1 is 0.893 bits per heavy atom.